The highest BCUT2D eigenvalue weighted by molar-refractivity contribution is 7.86. The molecule has 0 atom stereocenters. The quantitative estimate of drug-likeness (QED) is 0.0714. The van der Waals surface area contributed by atoms with Crippen molar-refractivity contribution < 1.29 is 17.8 Å². The first-order valence-corrected chi connectivity index (χ1v) is 8.66. The summed E-state index contributed by atoms with van der Waals surface area (Å²) >= 11 is 0. The number of amides is 2. The molecule has 0 aromatic heterocycles. The van der Waals surface area contributed by atoms with Crippen LogP contribution in [-0.4, -0.2) is 19.0 Å². The molecule has 0 fully saturated rings. The van der Waals surface area contributed by atoms with Gasteiger partial charge in [-0.2, -0.15) is 8.42 Å². The Morgan fingerprint density at radius 1 is 0.893 bits per heavy atom. The van der Waals surface area contributed by atoms with Gasteiger partial charge < -0.3 is 0 Å². The van der Waals surface area contributed by atoms with E-state index in [-0.39, 0.29) is 10.8 Å². The Balaban J connectivity index is 0.000000409. The first-order chi connectivity index (χ1) is 13.0. The van der Waals surface area contributed by atoms with Gasteiger partial charge in [0.2, 0.25) is 10.9 Å². The molecule has 2 aliphatic carbocycles. The Kier molecular flexibility index (Phi) is 5.65. The molecular weight excluding hydrogens is 396 g/mol. The highest BCUT2D eigenvalue weighted by atomic mass is 32.2. The van der Waals surface area contributed by atoms with Crippen molar-refractivity contribution in [2.45, 2.75) is 4.90 Å². The van der Waals surface area contributed by atoms with Gasteiger partial charge in [0.05, 0.1) is 5.56 Å². The van der Waals surface area contributed by atoms with E-state index in [1.54, 1.807) is 10.9 Å². The third-order valence-corrected chi connectivity index (χ3v) is 4.52. The molecule has 0 saturated carbocycles. The van der Waals surface area contributed by atoms with Crippen LogP contribution in [0.3, 0.4) is 0 Å². The van der Waals surface area contributed by atoms with Gasteiger partial charge in [0.25, 0.3) is 10.1 Å². The SMILES string of the molecule is NNC(=O)NN.O=c1cc2c(=O)c3ccccc3c(=O)c-2c(S(=O)(=O)O)c1=O. The third-order valence-electron chi connectivity index (χ3n) is 3.61. The molecule has 2 amide bonds. The number of nitrogens with two attached hydrogens (primary N) is 2. The van der Waals surface area contributed by atoms with Crippen LogP contribution in [0.4, 0.5) is 4.79 Å². The normalized spacial score (nSPS) is 11.0. The molecule has 1 aromatic rings. The number of hydrogen-bond acceptors (Lipinski definition) is 9. The maximum Gasteiger partial charge on any atom is 0.343 e. The number of hydrogen-bond donors (Lipinski definition) is 5. The summed E-state index contributed by atoms with van der Waals surface area (Å²) in [5.74, 6) is 9.08. The molecule has 0 spiro atoms. The zero-order chi connectivity index (χ0) is 21.2. The summed E-state index contributed by atoms with van der Waals surface area (Å²) in [5, 5.41) is -0.0951. The van der Waals surface area contributed by atoms with Gasteiger partial charge in [-0.15, -0.1) is 0 Å². The molecule has 0 saturated heterocycles. The van der Waals surface area contributed by atoms with Gasteiger partial charge >= 0.3 is 6.03 Å². The van der Waals surface area contributed by atoms with Gasteiger partial charge in [-0.05, 0) is 0 Å². The fraction of sp³-hybridized carbons (Fsp3) is 0. The predicted molar refractivity (Wildman–Crippen MR) is 97.9 cm³/mol. The molecule has 0 aliphatic heterocycles. The Hall–Kier alpha value is -3.52. The van der Waals surface area contributed by atoms with Crippen molar-refractivity contribution in [3.63, 3.8) is 0 Å². The summed E-state index contributed by atoms with van der Waals surface area (Å²) in [6.45, 7) is 0. The van der Waals surface area contributed by atoms with Gasteiger partial charge in [-0.25, -0.2) is 16.5 Å². The highest BCUT2D eigenvalue weighted by Gasteiger charge is 2.29. The monoisotopic (exact) mass is 408 g/mol. The van der Waals surface area contributed by atoms with E-state index >= 15 is 0 Å². The summed E-state index contributed by atoms with van der Waals surface area (Å²) in [6, 6.07) is 5.63. The number of rotatable bonds is 1. The number of fused-ring (bicyclic) bond motifs is 2. The molecule has 28 heavy (non-hydrogen) atoms. The fourth-order valence-electron chi connectivity index (χ4n) is 2.47. The Morgan fingerprint density at radius 2 is 1.39 bits per heavy atom. The minimum atomic E-state index is -5.14. The first-order valence-electron chi connectivity index (χ1n) is 7.22. The number of hydrazine groups is 2. The first kappa shape index (κ1) is 20.8. The minimum absolute atomic E-state index is 0.000614. The summed E-state index contributed by atoms with van der Waals surface area (Å²) in [7, 11) is -5.14. The number of carbonyl (C=O) groups excluding carboxylic acids is 1. The summed E-state index contributed by atoms with van der Waals surface area (Å²) < 4.78 is 32.0. The molecule has 0 heterocycles. The second-order valence-corrected chi connectivity index (χ2v) is 6.61. The largest absolute Gasteiger partial charge is 0.343 e. The van der Waals surface area contributed by atoms with Crippen molar-refractivity contribution in [2.75, 3.05) is 0 Å². The molecule has 7 N–H and O–H groups in total. The number of carbonyl (C=O) groups is 1. The maximum absolute atomic E-state index is 12.4. The molecule has 146 valence electrons. The Morgan fingerprint density at radius 3 is 1.82 bits per heavy atom. The molecular formula is C15H12N4O8S. The highest BCUT2D eigenvalue weighted by Crippen LogP contribution is 2.21. The van der Waals surface area contributed by atoms with Crippen molar-refractivity contribution >= 4 is 26.9 Å². The van der Waals surface area contributed by atoms with Crippen LogP contribution in [0.25, 0.3) is 21.9 Å². The second kappa shape index (κ2) is 7.61. The average molecular weight is 408 g/mol. The van der Waals surface area contributed by atoms with Gasteiger partial charge in [0.1, 0.15) is 0 Å². The van der Waals surface area contributed by atoms with Crippen molar-refractivity contribution in [3.05, 3.63) is 71.2 Å². The third kappa shape index (κ3) is 3.63. The molecule has 13 heteroatoms. The summed E-state index contributed by atoms with van der Waals surface area (Å²) in [6.07, 6.45) is 0. The van der Waals surface area contributed by atoms with E-state index in [4.69, 9.17) is 0 Å². The van der Waals surface area contributed by atoms with E-state index in [1.165, 1.54) is 24.3 Å². The van der Waals surface area contributed by atoms with E-state index in [0.717, 1.165) is 0 Å². The van der Waals surface area contributed by atoms with Crippen molar-refractivity contribution in [2.24, 2.45) is 11.7 Å². The number of benzene rings is 3. The van der Waals surface area contributed by atoms with E-state index in [9.17, 15) is 36.9 Å². The van der Waals surface area contributed by atoms with Crippen molar-refractivity contribution in [3.8, 4) is 11.1 Å². The summed E-state index contributed by atoms with van der Waals surface area (Å²) in [4.78, 5) is 56.4. The zero-order valence-electron chi connectivity index (χ0n) is 13.8. The van der Waals surface area contributed by atoms with Crippen LogP contribution >= 0.6 is 0 Å². The van der Waals surface area contributed by atoms with Gasteiger partial charge in [-0.3, -0.25) is 34.6 Å². The van der Waals surface area contributed by atoms with Crippen LogP contribution in [0, 0.1) is 0 Å². The topological polar surface area (TPSA) is 216 Å². The van der Waals surface area contributed by atoms with E-state index < -0.39 is 53.9 Å². The number of urea groups is 1. The second-order valence-electron chi connectivity index (χ2n) is 5.25. The molecule has 0 bridgehead atoms. The Bertz CT molecular complexity index is 1350. The van der Waals surface area contributed by atoms with Gasteiger partial charge in [0, 0.05) is 22.4 Å². The lowest BCUT2D eigenvalue weighted by Crippen LogP contribution is -2.43. The molecule has 0 radical (unpaired) electrons. The zero-order valence-corrected chi connectivity index (χ0v) is 14.6. The minimum Gasteiger partial charge on any atom is -0.289 e. The number of nitrogens with one attached hydrogen (secondary N) is 2. The smallest absolute Gasteiger partial charge is 0.289 e. The molecule has 1 aromatic carbocycles. The van der Waals surface area contributed by atoms with E-state index in [0.29, 0.717) is 6.07 Å². The molecule has 2 aliphatic rings. The van der Waals surface area contributed by atoms with Crippen LogP contribution in [0.5, 0.6) is 0 Å². The molecule has 12 nitrogen and oxygen atoms in total. The van der Waals surface area contributed by atoms with Crippen LogP contribution < -0.4 is 44.3 Å². The summed E-state index contributed by atoms with van der Waals surface area (Å²) in [5.41, 5.74) is -2.26. The van der Waals surface area contributed by atoms with Gasteiger partial charge in [-0.1, -0.05) is 24.3 Å². The standard InChI is InChI=1S/C14H6O7S.CH6N4O/c15-9-5-8-10(14(13(9)18)22(19,20)21)12(17)7-4-2-1-3-6(7)11(8)16;2-4-1(6)5-3/h1-5H,(H,19,20,21);2-3H2,(H2,4,5,6). The average Bonchev–Trinajstić information content (AvgIpc) is 2.66. The Labute approximate surface area is 155 Å². The molecule has 3 rings (SSSR count). The lowest BCUT2D eigenvalue weighted by Gasteiger charge is -2.08. The van der Waals surface area contributed by atoms with E-state index in [1.807, 2.05) is 0 Å². The van der Waals surface area contributed by atoms with Crippen LogP contribution in [0.2, 0.25) is 0 Å². The fourth-order valence-corrected chi connectivity index (χ4v) is 3.26. The van der Waals surface area contributed by atoms with Crippen LogP contribution in [0.15, 0.2) is 54.4 Å². The lowest BCUT2D eigenvalue weighted by atomic mass is 9.96. The lowest BCUT2D eigenvalue weighted by molar-refractivity contribution is 0.241. The van der Waals surface area contributed by atoms with Crippen molar-refractivity contribution in [1.82, 2.24) is 10.9 Å². The van der Waals surface area contributed by atoms with Crippen molar-refractivity contribution in [1.29, 1.82) is 0 Å². The predicted octanol–water partition coefficient (Wildman–Crippen LogP) is -2.46. The van der Waals surface area contributed by atoms with Gasteiger partial charge in [0.15, 0.2) is 15.8 Å². The molecule has 0 unspecified atom stereocenters. The van der Waals surface area contributed by atoms with Crippen LogP contribution in [-0.2, 0) is 10.1 Å². The van der Waals surface area contributed by atoms with Crippen LogP contribution in [0.1, 0.15) is 0 Å². The van der Waals surface area contributed by atoms with E-state index in [2.05, 4.69) is 11.7 Å². The maximum atomic E-state index is 12.4.